The Balaban J connectivity index is 2.19. The van der Waals surface area contributed by atoms with Crippen LogP contribution in [-0.2, 0) is 9.47 Å². The molecule has 0 amide bonds. The van der Waals surface area contributed by atoms with Gasteiger partial charge in [-0.25, -0.2) is 0 Å². The summed E-state index contributed by atoms with van der Waals surface area (Å²) in [6, 6.07) is 0. The Morgan fingerprint density at radius 3 is 2.13 bits per heavy atom. The van der Waals surface area contributed by atoms with Gasteiger partial charge in [-0.1, -0.05) is 20.8 Å². The molecule has 1 heterocycles. The van der Waals surface area contributed by atoms with E-state index in [-0.39, 0.29) is 16.6 Å². The van der Waals surface area contributed by atoms with E-state index >= 15 is 0 Å². The van der Waals surface area contributed by atoms with E-state index in [0.29, 0.717) is 0 Å². The van der Waals surface area contributed by atoms with Crippen molar-refractivity contribution in [2.45, 2.75) is 45.8 Å². The van der Waals surface area contributed by atoms with Gasteiger partial charge in [0.1, 0.15) is 0 Å². The third kappa shape index (κ3) is 1.71. The monoisotopic (exact) mass is 213 g/mol. The summed E-state index contributed by atoms with van der Waals surface area (Å²) in [6.45, 7) is 8.99. The van der Waals surface area contributed by atoms with E-state index in [1.54, 1.807) is 0 Å². The molecule has 2 rings (SSSR count). The summed E-state index contributed by atoms with van der Waals surface area (Å²) in [5.41, 5.74) is 6.18. The number of hydrogen-bond donors (Lipinski definition) is 1. The zero-order valence-corrected chi connectivity index (χ0v) is 10.1. The Labute approximate surface area is 92.3 Å². The van der Waals surface area contributed by atoms with Crippen LogP contribution in [0, 0.1) is 10.8 Å². The Hall–Kier alpha value is -0.120. The van der Waals surface area contributed by atoms with E-state index in [2.05, 4.69) is 20.8 Å². The van der Waals surface area contributed by atoms with Crippen molar-refractivity contribution in [3.05, 3.63) is 0 Å². The van der Waals surface area contributed by atoms with Crippen molar-refractivity contribution in [1.82, 2.24) is 0 Å². The maximum Gasteiger partial charge on any atom is 0.173 e. The predicted octanol–water partition coefficient (Wildman–Crippen LogP) is 1.90. The lowest BCUT2D eigenvalue weighted by atomic mass is 9.61. The summed E-state index contributed by atoms with van der Waals surface area (Å²) < 4.78 is 11.7. The molecule has 0 aromatic rings. The minimum absolute atomic E-state index is 0.0653. The standard InChI is InChI=1S/C12H23NO2/c1-10(2)8-11(3,9-13)4-5-12(10)14-6-7-15-12/h4-9,13H2,1-3H3. The molecule has 3 heteroatoms. The highest BCUT2D eigenvalue weighted by Crippen LogP contribution is 2.54. The second kappa shape index (κ2) is 3.44. The summed E-state index contributed by atoms with van der Waals surface area (Å²) in [5.74, 6) is -0.332. The molecule has 2 fully saturated rings. The van der Waals surface area contributed by atoms with Gasteiger partial charge in [0, 0.05) is 11.8 Å². The second-order valence-electron chi connectivity index (χ2n) is 6.03. The van der Waals surface area contributed by atoms with Gasteiger partial charge < -0.3 is 15.2 Å². The molecule has 1 saturated heterocycles. The van der Waals surface area contributed by atoms with Crippen molar-refractivity contribution in [1.29, 1.82) is 0 Å². The zero-order valence-electron chi connectivity index (χ0n) is 10.1. The highest BCUT2D eigenvalue weighted by atomic mass is 16.7. The number of nitrogens with two attached hydrogens (primary N) is 1. The molecule has 1 aliphatic heterocycles. The lowest BCUT2D eigenvalue weighted by molar-refractivity contribution is -0.259. The predicted molar refractivity (Wildman–Crippen MR) is 59.4 cm³/mol. The molecule has 3 nitrogen and oxygen atoms in total. The van der Waals surface area contributed by atoms with Gasteiger partial charge in [0.25, 0.3) is 0 Å². The first-order chi connectivity index (χ1) is 6.93. The molecule has 88 valence electrons. The van der Waals surface area contributed by atoms with Crippen LogP contribution in [0.5, 0.6) is 0 Å². The molecule has 1 aliphatic carbocycles. The maximum absolute atomic E-state index is 5.87. The van der Waals surface area contributed by atoms with Gasteiger partial charge in [-0.05, 0) is 24.8 Å². The zero-order chi connectivity index (χ0) is 11.2. The Kier molecular flexibility index (Phi) is 2.61. The van der Waals surface area contributed by atoms with Crippen LogP contribution < -0.4 is 5.73 Å². The first kappa shape index (κ1) is 11.4. The van der Waals surface area contributed by atoms with Gasteiger partial charge >= 0.3 is 0 Å². The number of rotatable bonds is 1. The fourth-order valence-corrected chi connectivity index (χ4v) is 3.26. The first-order valence-corrected chi connectivity index (χ1v) is 5.91. The minimum Gasteiger partial charge on any atom is -0.347 e. The van der Waals surface area contributed by atoms with Crippen LogP contribution in [0.15, 0.2) is 0 Å². The molecule has 15 heavy (non-hydrogen) atoms. The summed E-state index contributed by atoms with van der Waals surface area (Å²) in [5, 5.41) is 0. The molecular formula is C12H23NO2. The molecule has 0 aromatic carbocycles. The lowest BCUT2D eigenvalue weighted by Gasteiger charge is -2.52. The van der Waals surface area contributed by atoms with Crippen LogP contribution in [0.4, 0.5) is 0 Å². The van der Waals surface area contributed by atoms with Crippen LogP contribution in [0.3, 0.4) is 0 Å². The molecule has 1 unspecified atom stereocenters. The fourth-order valence-electron chi connectivity index (χ4n) is 3.26. The van der Waals surface area contributed by atoms with E-state index in [0.717, 1.165) is 39.0 Å². The van der Waals surface area contributed by atoms with Crippen LogP contribution in [-0.4, -0.2) is 25.5 Å². The minimum atomic E-state index is -0.332. The average Bonchev–Trinajstić information content (AvgIpc) is 2.62. The Morgan fingerprint density at radius 1 is 1.07 bits per heavy atom. The molecule has 2 N–H and O–H groups in total. The maximum atomic E-state index is 5.87. The summed E-state index contributed by atoms with van der Waals surface area (Å²) in [7, 11) is 0. The third-order valence-electron chi connectivity index (χ3n) is 4.20. The van der Waals surface area contributed by atoms with E-state index in [1.165, 1.54) is 0 Å². The lowest BCUT2D eigenvalue weighted by Crippen LogP contribution is -2.54. The van der Waals surface area contributed by atoms with Gasteiger partial charge in [-0.3, -0.25) is 0 Å². The van der Waals surface area contributed by atoms with Gasteiger partial charge in [0.15, 0.2) is 5.79 Å². The summed E-state index contributed by atoms with van der Waals surface area (Å²) >= 11 is 0. The summed E-state index contributed by atoms with van der Waals surface area (Å²) in [4.78, 5) is 0. The quantitative estimate of drug-likeness (QED) is 0.723. The van der Waals surface area contributed by atoms with Crippen LogP contribution in [0.25, 0.3) is 0 Å². The molecule has 2 aliphatic rings. The second-order valence-corrected chi connectivity index (χ2v) is 6.03. The highest BCUT2D eigenvalue weighted by molar-refractivity contribution is 5.00. The first-order valence-electron chi connectivity index (χ1n) is 5.91. The van der Waals surface area contributed by atoms with Crippen molar-refractivity contribution < 1.29 is 9.47 Å². The topological polar surface area (TPSA) is 44.5 Å². The van der Waals surface area contributed by atoms with E-state index in [1.807, 2.05) is 0 Å². The summed E-state index contributed by atoms with van der Waals surface area (Å²) in [6.07, 6.45) is 3.16. The molecule has 0 radical (unpaired) electrons. The van der Waals surface area contributed by atoms with Crippen molar-refractivity contribution in [3.8, 4) is 0 Å². The Morgan fingerprint density at radius 2 is 1.67 bits per heavy atom. The third-order valence-corrected chi connectivity index (χ3v) is 4.20. The van der Waals surface area contributed by atoms with Gasteiger partial charge in [0.2, 0.25) is 0 Å². The number of ether oxygens (including phenoxy) is 2. The molecular weight excluding hydrogens is 190 g/mol. The van der Waals surface area contributed by atoms with E-state index in [4.69, 9.17) is 15.2 Å². The van der Waals surface area contributed by atoms with E-state index in [9.17, 15) is 0 Å². The molecule has 1 atom stereocenters. The Bertz CT molecular complexity index is 246. The van der Waals surface area contributed by atoms with Crippen LogP contribution in [0.2, 0.25) is 0 Å². The fraction of sp³-hybridized carbons (Fsp3) is 1.00. The SMILES string of the molecule is CC1(CN)CCC2(OCCO2)C(C)(C)C1. The normalized spacial score (nSPS) is 38.4. The molecule has 1 spiro atoms. The number of hydrogen-bond acceptors (Lipinski definition) is 3. The van der Waals surface area contributed by atoms with Crippen molar-refractivity contribution in [2.24, 2.45) is 16.6 Å². The molecule has 0 bridgehead atoms. The van der Waals surface area contributed by atoms with Crippen molar-refractivity contribution >= 4 is 0 Å². The average molecular weight is 213 g/mol. The molecule has 0 aromatic heterocycles. The van der Waals surface area contributed by atoms with Crippen LogP contribution >= 0.6 is 0 Å². The van der Waals surface area contributed by atoms with Crippen molar-refractivity contribution in [2.75, 3.05) is 19.8 Å². The van der Waals surface area contributed by atoms with Gasteiger partial charge in [-0.2, -0.15) is 0 Å². The van der Waals surface area contributed by atoms with Gasteiger partial charge in [-0.15, -0.1) is 0 Å². The molecule has 1 saturated carbocycles. The van der Waals surface area contributed by atoms with E-state index < -0.39 is 0 Å². The van der Waals surface area contributed by atoms with Crippen molar-refractivity contribution in [3.63, 3.8) is 0 Å². The van der Waals surface area contributed by atoms with Gasteiger partial charge in [0.05, 0.1) is 13.2 Å². The van der Waals surface area contributed by atoms with Crippen LogP contribution in [0.1, 0.15) is 40.0 Å². The highest BCUT2D eigenvalue weighted by Gasteiger charge is 2.55. The largest absolute Gasteiger partial charge is 0.347 e. The smallest absolute Gasteiger partial charge is 0.173 e.